The summed E-state index contributed by atoms with van der Waals surface area (Å²) >= 11 is 0. The van der Waals surface area contributed by atoms with Crippen molar-refractivity contribution < 1.29 is 52.1 Å². The van der Waals surface area contributed by atoms with E-state index in [0.717, 1.165) is 6.07 Å². The molecule has 4 rings (SSSR count). The largest absolute Gasteiger partial charge is 0.398 e. The van der Waals surface area contributed by atoms with Gasteiger partial charge in [-0.3, -0.25) is 23.2 Å². The van der Waals surface area contributed by atoms with E-state index >= 15 is 0 Å². The summed E-state index contributed by atoms with van der Waals surface area (Å²) in [5, 5.41) is 0.721. The normalized spacial score (nSPS) is 12.7. The molecule has 0 radical (unpaired) electrons. The van der Waals surface area contributed by atoms with Crippen LogP contribution in [0.25, 0.3) is 10.8 Å². The second-order valence-corrected chi connectivity index (χ2v) is 15.4. The van der Waals surface area contributed by atoms with Gasteiger partial charge in [-0.15, -0.1) is 0 Å². The first-order valence-electron chi connectivity index (χ1n) is 11.9. The average Bonchev–Trinajstić information content (AvgIpc) is 2.85. The number of nitrogens with one attached hydrogen (secondary N) is 2. The molecule has 7 N–H and O–H groups in total. The van der Waals surface area contributed by atoms with Gasteiger partial charge >= 0.3 is 0 Å². The lowest BCUT2D eigenvalue weighted by atomic mass is 10.1. The summed E-state index contributed by atoms with van der Waals surface area (Å²) in [5.41, 5.74) is 5.99. The topological polar surface area (TPSA) is 264 Å². The maximum atomic E-state index is 13.5. The summed E-state index contributed by atoms with van der Waals surface area (Å²) in [6.07, 6.45) is 0. The van der Waals surface area contributed by atoms with Crippen LogP contribution in [0.4, 0.5) is 17.1 Å². The Labute approximate surface area is 252 Å². The highest BCUT2D eigenvalue weighted by Gasteiger charge is 2.28. The molecule has 0 aliphatic carbocycles. The number of fused-ring (bicyclic) bond motifs is 1. The second kappa shape index (κ2) is 11.1. The number of sulfonamides is 1. The van der Waals surface area contributed by atoms with E-state index in [1.54, 1.807) is 13.8 Å². The number of rotatable bonds is 8. The van der Waals surface area contributed by atoms with Crippen LogP contribution >= 0.6 is 0 Å². The van der Waals surface area contributed by atoms with Gasteiger partial charge in [0.2, 0.25) is 0 Å². The zero-order valence-corrected chi connectivity index (χ0v) is 25.8. The molecule has 234 valence electrons. The molecule has 0 fully saturated rings. The molecule has 0 heterocycles. The molecule has 0 spiro atoms. The molecule has 0 bridgehead atoms. The summed E-state index contributed by atoms with van der Waals surface area (Å²) in [6, 6.07) is 10.6. The highest BCUT2D eigenvalue weighted by molar-refractivity contribution is 7.93. The van der Waals surface area contributed by atoms with Crippen LogP contribution in [0, 0.1) is 13.8 Å². The van der Waals surface area contributed by atoms with E-state index in [0.29, 0.717) is 29.3 Å². The number of hydrogen-bond acceptors (Lipinski definition) is 10. The van der Waals surface area contributed by atoms with Crippen molar-refractivity contribution in [1.29, 1.82) is 0 Å². The molecule has 44 heavy (non-hydrogen) atoms. The minimum atomic E-state index is -5.38. The Morgan fingerprint density at radius 1 is 0.659 bits per heavy atom. The number of hydrogen-bond donors (Lipinski definition) is 6. The minimum absolute atomic E-state index is 0.0662. The summed E-state index contributed by atoms with van der Waals surface area (Å²) in [7, 11) is -20.1. The lowest BCUT2D eigenvalue weighted by molar-refractivity contribution is 0.102. The van der Waals surface area contributed by atoms with Gasteiger partial charge in [-0.05, 0) is 73.5 Å². The molecule has 0 saturated heterocycles. The molecule has 15 nitrogen and oxygen atoms in total. The van der Waals surface area contributed by atoms with Crippen LogP contribution in [0.1, 0.15) is 21.5 Å². The monoisotopic (exact) mass is 685 g/mol. The highest BCUT2D eigenvalue weighted by atomic mass is 32.2. The Balaban J connectivity index is 1.92. The number of nitrogens with two attached hydrogens (primary N) is 1. The van der Waals surface area contributed by atoms with Gasteiger partial charge in [-0.1, -0.05) is 12.1 Å². The third-order valence-electron chi connectivity index (χ3n) is 6.23. The molecular weight excluding hydrogens is 663 g/mol. The van der Waals surface area contributed by atoms with Crippen LogP contribution in [-0.4, -0.2) is 53.2 Å². The molecule has 0 aromatic heterocycles. The van der Waals surface area contributed by atoms with E-state index in [4.69, 9.17) is 5.73 Å². The zero-order valence-electron chi connectivity index (χ0n) is 22.5. The number of anilines is 3. The van der Waals surface area contributed by atoms with Crippen molar-refractivity contribution in [3.8, 4) is 0 Å². The molecule has 4 aromatic carbocycles. The Kier molecular flexibility index (Phi) is 8.28. The van der Waals surface area contributed by atoms with Gasteiger partial charge in [0.15, 0.2) is 0 Å². The highest BCUT2D eigenvalue weighted by Crippen LogP contribution is 2.37. The van der Waals surface area contributed by atoms with Crippen LogP contribution in [0.15, 0.2) is 80.2 Å². The second-order valence-electron chi connectivity index (χ2n) is 9.53. The molecule has 19 heteroatoms. The van der Waals surface area contributed by atoms with E-state index in [2.05, 4.69) is 10.0 Å². The van der Waals surface area contributed by atoms with E-state index in [1.165, 1.54) is 36.4 Å². The molecule has 4 aromatic rings. The van der Waals surface area contributed by atoms with Crippen molar-refractivity contribution in [2.45, 2.75) is 33.4 Å². The van der Waals surface area contributed by atoms with Gasteiger partial charge in [0.05, 0.1) is 27.5 Å². The quantitative estimate of drug-likeness (QED) is 0.115. The third kappa shape index (κ3) is 6.68. The maximum Gasteiger partial charge on any atom is 0.295 e. The molecule has 1 amide bonds. The number of nitrogen functional groups attached to an aromatic ring is 1. The van der Waals surface area contributed by atoms with E-state index in [1.807, 2.05) is 0 Å². The van der Waals surface area contributed by atoms with E-state index in [-0.39, 0.29) is 21.8 Å². The molecule has 0 saturated carbocycles. The van der Waals surface area contributed by atoms with Gasteiger partial charge in [-0.25, -0.2) is 8.42 Å². The zero-order chi connectivity index (χ0) is 33.0. The van der Waals surface area contributed by atoms with Crippen LogP contribution in [-0.2, 0) is 40.4 Å². The van der Waals surface area contributed by atoms with Crippen molar-refractivity contribution in [2.75, 3.05) is 15.8 Å². The molecule has 0 aliphatic heterocycles. The number of aryl methyl sites for hydroxylation is 2. The Morgan fingerprint density at radius 3 is 1.80 bits per heavy atom. The summed E-state index contributed by atoms with van der Waals surface area (Å²) in [6.45, 7) is 3.30. The fraction of sp³-hybridized carbons (Fsp3) is 0.0800. The first-order chi connectivity index (χ1) is 20.1. The van der Waals surface area contributed by atoms with Crippen molar-refractivity contribution >= 4 is 74.1 Å². The Morgan fingerprint density at radius 2 is 1.23 bits per heavy atom. The number of amides is 1. The standard InChI is InChI=1S/C25H23N3O12S4/c1-13-4-7-22(18(26)9-13)41(30,31)28-20-10-14(2)3-5-16(20)25(29)27-19-6-8-21(43(35,36)37)17-11-15(42(32,33)34)12-23(24(17)19)44(38,39)40/h3-12,28H,26H2,1-2H3,(H,27,29)(H,32,33,34)(H,35,36,37)(H,38,39,40). The Bertz CT molecular complexity index is 2320. The van der Waals surface area contributed by atoms with Crippen LogP contribution in [0.2, 0.25) is 0 Å². The van der Waals surface area contributed by atoms with Crippen molar-refractivity contribution in [3.63, 3.8) is 0 Å². The fourth-order valence-electron chi connectivity index (χ4n) is 4.32. The van der Waals surface area contributed by atoms with Crippen molar-refractivity contribution in [2.24, 2.45) is 0 Å². The van der Waals surface area contributed by atoms with Gasteiger partial charge < -0.3 is 11.1 Å². The summed E-state index contributed by atoms with van der Waals surface area (Å²) in [4.78, 5) is 9.79. The molecule has 0 unspecified atom stereocenters. The van der Waals surface area contributed by atoms with Crippen LogP contribution < -0.4 is 15.8 Å². The molecule has 0 aliphatic rings. The number of benzene rings is 4. The first-order valence-corrected chi connectivity index (χ1v) is 17.7. The lowest BCUT2D eigenvalue weighted by Crippen LogP contribution is -2.20. The van der Waals surface area contributed by atoms with Crippen molar-refractivity contribution in [3.05, 3.63) is 77.4 Å². The average molecular weight is 686 g/mol. The number of carbonyl (C=O) groups is 1. The van der Waals surface area contributed by atoms with Gasteiger partial charge in [-0.2, -0.15) is 25.3 Å². The van der Waals surface area contributed by atoms with Crippen molar-refractivity contribution in [1.82, 2.24) is 0 Å². The summed E-state index contributed by atoms with van der Waals surface area (Å²) in [5.74, 6) is -1.07. The smallest absolute Gasteiger partial charge is 0.295 e. The Hall–Kier alpha value is -4.11. The molecular formula is C25H23N3O12S4. The van der Waals surface area contributed by atoms with E-state index < -0.39 is 77.4 Å². The number of carbonyl (C=O) groups excluding carboxylic acids is 1. The predicted octanol–water partition coefficient (Wildman–Crippen LogP) is 2.83. The lowest BCUT2D eigenvalue weighted by Gasteiger charge is -2.17. The summed E-state index contributed by atoms with van der Waals surface area (Å²) < 4.78 is 130. The SMILES string of the molecule is Cc1ccc(S(=O)(=O)Nc2cc(C)ccc2C(=O)Nc2ccc(S(=O)(=O)O)c3cc(S(=O)(=O)O)cc(S(=O)(=O)O)c23)c(N)c1. The fourth-order valence-corrected chi connectivity index (χ4v) is 7.54. The van der Waals surface area contributed by atoms with Crippen LogP contribution in [0.5, 0.6) is 0 Å². The first kappa shape index (κ1) is 32.8. The van der Waals surface area contributed by atoms with Crippen LogP contribution in [0.3, 0.4) is 0 Å². The maximum absolute atomic E-state index is 13.5. The third-order valence-corrected chi connectivity index (χ3v) is 10.3. The van der Waals surface area contributed by atoms with Gasteiger partial charge in [0.1, 0.15) is 14.7 Å². The molecule has 0 atom stereocenters. The van der Waals surface area contributed by atoms with E-state index in [9.17, 15) is 52.1 Å². The van der Waals surface area contributed by atoms with Gasteiger partial charge in [0.25, 0.3) is 46.3 Å². The minimum Gasteiger partial charge on any atom is -0.398 e. The predicted molar refractivity (Wildman–Crippen MR) is 159 cm³/mol. The van der Waals surface area contributed by atoms with Gasteiger partial charge in [0, 0.05) is 10.8 Å².